The normalized spacial score (nSPS) is 21.1. The van der Waals surface area contributed by atoms with Crippen molar-refractivity contribution in [3.05, 3.63) is 29.8 Å². The van der Waals surface area contributed by atoms with Gasteiger partial charge in [-0.15, -0.1) is 0 Å². The fourth-order valence-electron chi connectivity index (χ4n) is 3.53. The Morgan fingerprint density at radius 1 is 1.11 bits per heavy atom. The van der Waals surface area contributed by atoms with Crippen molar-refractivity contribution in [3.8, 4) is 0 Å². The van der Waals surface area contributed by atoms with Gasteiger partial charge in [0.05, 0.1) is 0 Å². The standard InChI is InChI=1S/C17H26N2/c1-14(2)18-11-15-5-7-16(8-6-15)19-12-17(13-19)9-3-4-10-17/h5-8,14,18H,3-4,9-13H2,1-2H3. The lowest BCUT2D eigenvalue weighted by atomic mass is 9.78. The Morgan fingerprint density at radius 2 is 1.74 bits per heavy atom. The zero-order chi connectivity index (χ0) is 13.3. The molecule has 19 heavy (non-hydrogen) atoms. The minimum atomic E-state index is 0.553. The molecule has 0 amide bonds. The van der Waals surface area contributed by atoms with Gasteiger partial charge in [0.1, 0.15) is 0 Å². The summed E-state index contributed by atoms with van der Waals surface area (Å²) in [5.41, 5.74) is 3.48. The van der Waals surface area contributed by atoms with E-state index in [0.29, 0.717) is 11.5 Å². The highest BCUT2D eigenvalue weighted by Crippen LogP contribution is 2.46. The van der Waals surface area contributed by atoms with E-state index in [0.717, 1.165) is 6.54 Å². The Hall–Kier alpha value is -1.02. The first-order valence-electron chi connectivity index (χ1n) is 7.74. The third kappa shape index (κ3) is 2.79. The van der Waals surface area contributed by atoms with Gasteiger partial charge in [0.15, 0.2) is 0 Å². The van der Waals surface area contributed by atoms with Crippen molar-refractivity contribution < 1.29 is 0 Å². The van der Waals surface area contributed by atoms with Crippen molar-refractivity contribution >= 4 is 5.69 Å². The van der Waals surface area contributed by atoms with Gasteiger partial charge in [0.2, 0.25) is 0 Å². The molecule has 1 aromatic rings. The average Bonchev–Trinajstić information content (AvgIpc) is 2.85. The van der Waals surface area contributed by atoms with Crippen LogP contribution >= 0.6 is 0 Å². The minimum Gasteiger partial charge on any atom is -0.370 e. The van der Waals surface area contributed by atoms with E-state index in [-0.39, 0.29) is 0 Å². The van der Waals surface area contributed by atoms with E-state index in [2.05, 4.69) is 48.3 Å². The number of benzene rings is 1. The molecule has 0 radical (unpaired) electrons. The monoisotopic (exact) mass is 258 g/mol. The molecule has 0 bridgehead atoms. The van der Waals surface area contributed by atoms with E-state index in [9.17, 15) is 0 Å². The highest BCUT2D eigenvalue weighted by Gasteiger charge is 2.44. The molecule has 1 N–H and O–H groups in total. The first-order valence-corrected chi connectivity index (χ1v) is 7.74. The summed E-state index contributed by atoms with van der Waals surface area (Å²) in [5.74, 6) is 0. The first-order chi connectivity index (χ1) is 9.17. The lowest BCUT2D eigenvalue weighted by Crippen LogP contribution is -2.55. The van der Waals surface area contributed by atoms with Gasteiger partial charge < -0.3 is 10.2 Å². The van der Waals surface area contributed by atoms with Crippen LogP contribution < -0.4 is 10.2 Å². The van der Waals surface area contributed by atoms with Crippen molar-refractivity contribution in [2.45, 2.75) is 52.1 Å². The molecular formula is C17H26N2. The smallest absolute Gasteiger partial charge is 0.0366 e. The van der Waals surface area contributed by atoms with E-state index in [1.807, 2.05) is 0 Å². The van der Waals surface area contributed by atoms with Crippen LogP contribution in [0.4, 0.5) is 5.69 Å². The number of anilines is 1. The zero-order valence-electron chi connectivity index (χ0n) is 12.3. The van der Waals surface area contributed by atoms with E-state index in [1.165, 1.54) is 50.0 Å². The van der Waals surface area contributed by atoms with Crippen molar-refractivity contribution in [1.29, 1.82) is 0 Å². The summed E-state index contributed by atoms with van der Waals surface area (Å²) in [4.78, 5) is 2.55. The van der Waals surface area contributed by atoms with Crippen molar-refractivity contribution in [2.24, 2.45) is 5.41 Å². The summed E-state index contributed by atoms with van der Waals surface area (Å²) >= 11 is 0. The number of hydrogen-bond acceptors (Lipinski definition) is 2. The van der Waals surface area contributed by atoms with Gasteiger partial charge in [-0.25, -0.2) is 0 Å². The van der Waals surface area contributed by atoms with Crippen molar-refractivity contribution in [3.63, 3.8) is 0 Å². The largest absolute Gasteiger partial charge is 0.370 e. The summed E-state index contributed by atoms with van der Waals surface area (Å²) < 4.78 is 0. The van der Waals surface area contributed by atoms with Crippen LogP contribution in [0.25, 0.3) is 0 Å². The number of hydrogen-bond donors (Lipinski definition) is 1. The lowest BCUT2D eigenvalue weighted by molar-refractivity contribution is 0.222. The maximum absolute atomic E-state index is 3.46. The van der Waals surface area contributed by atoms with Gasteiger partial charge in [0.25, 0.3) is 0 Å². The molecule has 104 valence electrons. The average molecular weight is 258 g/mol. The Morgan fingerprint density at radius 3 is 2.32 bits per heavy atom. The van der Waals surface area contributed by atoms with Crippen LogP contribution in [-0.4, -0.2) is 19.1 Å². The van der Waals surface area contributed by atoms with Crippen LogP contribution in [0.2, 0.25) is 0 Å². The summed E-state index contributed by atoms with van der Waals surface area (Å²) in [6, 6.07) is 9.67. The number of nitrogens with one attached hydrogen (secondary N) is 1. The predicted molar refractivity (Wildman–Crippen MR) is 81.5 cm³/mol. The summed E-state index contributed by atoms with van der Waals surface area (Å²) in [5, 5.41) is 3.46. The summed E-state index contributed by atoms with van der Waals surface area (Å²) in [6.45, 7) is 7.93. The third-order valence-electron chi connectivity index (χ3n) is 4.73. The summed E-state index contributed by atoms with van der Waals surface area (Å²) in [7, 11) is 0. The molecular weight excluding hydrogens is 232 g/mol. The zero-order valence-corrected chi connectivity index (χ0v) is 12.3. The molecule has 1 aliphatic heterocycles. The fraction of sp³-hybridized carbons (Fsp3) is 0.647. The van der Waals surface area contributed by atoms with Crippen LogP contribution in [0.15, 0.2) is 24.3 Å². The molecule has 1 saturated heterocycles. The van der Waals surface area contributed by atoms with Gasteiger partial charge in [-0.2, -0.15) is 0 Å². The van der Waals surface area contributed by atoms with E-state index in [1.54, 1.807) is 0 Å². The van der Waals surface area contributed by atoms with Crippen LogP contribution in [0.1, 0.15) is 45.1 Å². The Bertz CT molecular complexity index is 407. The maximum atomic E-state index is 3.46. The molecule has 1 aliphatic carbocycles. The molecule has 1 spiro atoms. The second kappa shape index (κ2) is 5.16. The van der Waals surface area contributed by atoms with Crippen molar-refractivity contribution in [1.82, 2.24) is 5.32 Å². The molecule has 0 unspecified atom stereocenters. The van der Waals surface area contributed by atoms with Gasteiger partial charge in [-0.05, 0) is 30.5 Å². The predicted octanol–water partition coefficient (Wildman–Crippen LogP) is 3.57. The fourth-order valence-corrected chi connectivity index (χ4v) is 3.53. The van der Waals surface area contributed by atoms with Gasteiger partial charge in [-0.3, -0.25) is 0 Å². The van der Waals surface area contributed by atoms with Crippen LogP contribution in [0, 0.1) is 5.41 Å². The maximum Gasteiger partial charge on any atom is 0.0366 e. The SMILES string of the molecule is CC(C)NCc1ccc(N2CC3(CCCC3)C2)cc1. The molecule has 2 heteroatoms. The van der Waals surface area contributed by atoms with Gasteiger partial charge in [0, 0.05) is 36.8 Å². The second-order valence-corrected chi connectivity index (χ2v) is 6.77. The van der Waals surface area contributed by atoms with Crippen LogP contribution in [0.5, 0.6) is 0 Å². The topological polar surface area (TPSA) is 15.3 Å². The van der Waals surface area contributed by atoms with E-state index < -0.39 is 0 Å². The van der Waals surface area contributed by atoms with E-state index >= 15 is 0 Å². The molecule has 3 rings (SSSR count). The van der Waals surface area contributed by atoms with Crippen LogP contribution in [0.3, 0.4) is 0 Å². The molecule has 0 aromatic heterocycles. The third-order valence-corrected chi connectivity index (χ3v) is 4.73. The van der Waals surface area contributed by atoms with Crippen molar-refractivity contribution in [2.75, 3.05) is 18.0 Å². The molecule has 2 nitrogen and oxygen atoms in total. The number of nitrogens with zero attached hydrogens (tertiary/aromatic N) is 1. The van der Waals surface area contributed by atoms with Gasteiger partial charge >= 0.3 is 0 Å². The Kier molecular flexibility index (Phi) is 3.53. The minimum absolute atomic E-state index is 0.553. The second-order valence-electron chi connectivity index (χ2n) is 6.77. The van der Waals surface area contributed by atoms with Gasteiger partial charge in [-0.1, -0.05) is 38.8 Å². The molecule has 1 heterocycles. The Labute approximate surface area is 117 Å². The Balaban J connectivity index is 1.55. The summed E-state index contributed by atoms with van der Waals surface area (Å²) in [6.07, 6.45) is 5.82. The highest BCUT2D eigenvalue weighted by molar-refractivity contribution is 5.51. The van der Waals surface area contributed by atoms with Crippen LogP contribution in [-0.2, 0) is 6.54 Å². The van der Waals surface area contributed by atoms with E-state index in [4.69, 9.17) is 0 Å². The molecule has 2 aliphatic rings. The molecule has 2 fully saturated rings. The highest BCUT2D eigenvalue weighted by atomic mass is 15.2. The molecule has 0 atom stereocenters. The quantitative estimate of drug-likeness (QED) is 0.888. The number of rotatable bonds is 4. The molecule has 1 aromatic carbocycles. The first kappa shape index (κ1) is 13.0. The lowest BCUT2D eigenvalue weighted by Gasteiger charge is -2.49. The molecule has 1 saturated carbocycles.